The van der Waals surface area contributed by atoms with E-state index in [9.17, 15) is 9.90 Å². The maximum absolute atomic E-state index is 11.7. The first-order valence-corrected chi connectivity index (χ1v) is 8.33. The van der Waals surface area contributed by atoms with Gasteiger partial charge in [-0.3, -0.25) is 4.79 Å². The van der Waals surface area contributed by atoms with E-state index in [-0.39, 0.29) is 24.6 Å². The van der Waals surface area contributed by atoms with E-state index in [2.05, 4.69) is 15.3 Å². The van der Waals surface area contributed by atoms with E-state index >= 15 is 0 Å². The number of carbonyl (C=O) groups excluding carboxylic acids is 1. The van der Waals surface area contributed by atoms with E-state index in [1.54, 1.807) is 19.2 Å². The first-order chi connectivity index (χ1) is 12.5. The normalized spacial score (nSPS) is 20.0. The SMILES string of the molecule is COC(=O)C1COCC(Oc2ccc(-c3nnn(C)c3CO)nc2C)C1. The van der Waals surface area contributed by atoms with Crippen LogP contribution in [0.5, 0.6) is 5.75 Å². The van der Waals surface area contributed by atoms with Crippen molar-refractivity contribution >= 4 is 5.97 Å². The van der Waals surface area contributed by atoms with Crippen LogP contribution in [0.25, 0.3) is 11.4 Å². The third-order valence-corrected chi connectivity index (χ3v) is 4.37. The molecule has 2 unspecified atom stereocenters. The highest BCUT2D eigenvalue weighted by atomic mass is 16.5. The summed E-state index contributed by atoms with van der Waals surface area (Å²) in [5.41, 5.74) is 2.42. The van der Waals surface area contributed by atoms with Gasteiger partial charge < -0.3 is 19.3 Å². The molecule has 1 N–H and O–H groups in total. The quantitative estimate of drug-likeness (QED) is 0.772. The van der Waals surface area contributed by atoms with Crippen LogP contribution in [0.1, 0.15) is 17.8 Å². The molecular weight excluding hydrogens is 340 g/mol. The number of aromatic nitrogens is 4. The number of methoxy groups -OCH3 is 1. The maximum Gasteiger partial charge on any atom is 0.311 e. The molecule has 2 atom stereocenters. The smallest absolute Gasteiger partial charge is 0.311 e. The first-order valence-electron chi connectivity index (χ1n) is 8.33. The number of carbonyl (C=O) groups is 1. The van der Waals surface area contributed by atoms with Crippen LogP contribution >= 0.6 is 0 Å². The molecule has 9 nitrogen and oxygen atoms in total. The minimum Gasteiger partial charge on any atom is -0.486 e. The van der Waals surface area contributed by atoms with Crippen molar-refractivity contribution in [3.8, 4) is 17.1 Å². The van der Waals surface area contributed by atoms with Crippen LogP contribution in [0.4, 0.5) is 0 Å². The molecular formula is C17H22N4O5. The van der Waals surface area contributed by atoms with E-state index < -0.39 is 0 Å². The van der Waals surface area contributed by atoms with Gasteiger partial charge in [-0.15, -0.1) is 5.10 Å². The summed E-state index contributed by atoms with van der Waals surface area (Å²) in [7, 11) is 3.08. The number of rotatable bonds is 5. The van der Waals surface area contributed by atoms with Gasteiger partial charge in [0.1, 0.15) is 17.5 Å². The van der Waals surface area contributed by atoms with Crippen molar-refractivity contribution in [2.24, 2.45) is 13.0 Å². The summed E-state index contributed by atoms with van der Waals surface area (Å²) in [6.45, 7) is 2.41. The summed E-state index contributed by atoms with van der Waals surface area (Å²) < 4.78 is 17.7. The largest absolute Gasteiger partial charge is 0.486 e. The molecule has 0 aromatic carbocycles. The lowest BCUT2D eigenvalue weighted by Crippen LogP contribution is -2.37. The van der Waals surface area contributed by atoms with Crippen molar-refractivity contribution in [2.75, 3.05) is 20.3 Å². The summed E-state index contributed by atoms with van der Waals surface area (Å²) in [4.78, 5) is 16.2. The molecule has 0 bridgehead atoms. The Balaban J connectivity index is 1.75. The second-order valence-corrected chi connectivity index (χ2v) is 6.18. The number of hydrogen-bond donors (Lipinski definition) is 1. The number of aliphatic hydroxyl groups excluding tert-OH is 1. The monoisotopic (exact) mass is 362 g/mol. The van der Waals surface area contributed by atoms with Gasteiger partial charge in [0, 0.05) is 13.5 Å². The zero-order valence-electron chi connectivity index (χ0n) is 15.0. The standard InChI is InChI=1S/C17H22N4O5/c1-10-15(26-12-6-11(8-25-9-12)17(23)24-3)5-4-13(18-10)16-14(7-22)21(2)20-19-16/h4-5,11-12,22H,6-9H2,1-3H3. The van der Waals surface area contributed by atoms with Gasteiger partial charge in [-0.1, -0.05) is 5.21 Å². The average Bonchev–Trinajstić information content (AvgIpc) is 3.03. The Kier molecular flexibility index (Phi) is 5.48. The Morgan fingerprint density at radius 3 is 2.92 bits per heavy atom. The molecule has 1 aliphatic heterocycles. The Morgan fingerprint density at radius 2 is 2.23 bits per heavy atom. The molecule has 1 fully saturated rings. The van der Waals surface area contributed by atoms with Gasteiger partial charge in [0.15, 0.2) is 0 Å². The highest BCUT2D eigenvalue weighted by Gasteiger charge is 2.30. The van der Waals surface area contributed by atoms with Crippen LogP contribution in [0, 0.1) is 12.8 Å². The van der Waals surface area contributed by atoms with E-state index in [1.807, 2.05) is 6.92 Å². The Bertz CT molecular complexity index is 791. The topological polar surface area (TPSA) is 109 Å². The lowest BCUT2D eigenvalue weighted by atomic mass is 10.0. The highest BCUT2D eigenvalue weighted by Crippen LogP contribution is 2.27. The molecule has 0 spiro atoms. The van der Waals surface area contributed by atoms with Crippen molar-refractivity contribution in [3.63, 3.8) is 0 Å². The lowest BCUT2D eigenvalue weighted by molar-refractivity contribution is -0.152. The van der Waals surface area contributed by atoms with E-state index in [1.165, 1.54) is 11.8 Å². The maximum atomic E-state index is 11.7. The molecule has 1 aliphatic rings. The van der Waals surface area contributed by atoms with E-state index in [4.69, 9.17) is 14.2 Å². The molecule has 3 heterocycles. The third-order valence-electron chi connectivity index (χ3n) is 4.37. The fourth-order valence-corrected chi connectivity index (χ4v) is 2.95. The van der Waals surface area contributed by atoms with E-state index in [0.717, 1.165) is 0 Å². The van der Waals surface area contributed by atoms with Gasteiger partial charge in [-0.2, -0.15) is 0 Å². The molecule has 26 heavy (non-hydrogen) atoms. The molecule has 3 rings (SSSR count). The molecule has 1 saturated heterocycles. The van der Waals surface area contributed by atoms with Gasteiger partial charge in [-0.05, 0) is 19.1 Å². The number of pyridine rings is 1. The number of esters is 1. The zero-order valence-corrected chi connectivity index (χ0v) is 15.0. The molecule has 2 aromatic rings. The lowest BCUT2D eigenvalue weighted by Gasteiger charge is -2.28. The molecule has 2 aromatic heterocycles. The number of nitrogens with zero attached hydrogens (tertiary/aromatic N) is 4. The van der Waals surface area contributed by atoms with Gasteiger partial charge in [0.25, 0.3) is 0 Å². The average molecular weight is 362 g/mol. The van der Waals surface area contributed by atoms with Crippen molar-refractivity contribution in [2.45, 2.75) is 26.1 Å². The minimum atomic E-state index is -0.321. The predicted molar refractivity (Wildman–Crippen MR) is 90.3 cm³/mol. The summed E-state index contributed by atoms with van der Waals surface area (Å²) >= 11 is 0. The Labute approximate surface area is 150 Å². The minimum absolute atomic E-state index is 0.174. The summed E-state index contributed by atoms with van der Waals surface area (Å²) in [5, 5.41) is 17.5. The summed E-state index contributed by atoms with van der Waals surface area (Å²) in [5.74, 6) is 0.00276. The third kappa shape index (κ3) is 3.68. The number of ether oxygens (including phenoxy) is 3. The van der Waals surface area contributed by atoms with Crippen molar-refractivity contribution in [1.29, 1.82) is 0 Å². The van der Waals surface area contributed by atoms with Crippen LogP contribution in [0.3, 0.4) is 0 Å². The zero-order chi connectivity index (χ0) is 18.7. The fraction of sp³-hybridized carbons (Fsp3) is 0.529. The number of hydrogen-bond acceptors (Lipinski definition) is 8. The summed E-state index contributed by atoms with van der Waals surface area (Å²) in [6, 6.07) is 3.57. The number of aliphatic hydroxyl groups is 1. The predicted octanol–water partition coefficient (Wildman–Crippen LogP) is 0.635. The van der Waals surface area contributed by atoms with E-state index in [0.29, 0.717) is 48.2 Å². The van der Waals surface area contributed by atoms with Crippen LogP contribution in [-0.2, 0) is 27.9 Å². The highest BCUT2D eigenvalue weighted by molar-refractivity contribution is 5.72. The molecule has 0 amide bonds. The molecule has 140 valence electrons. The molecule has 0 radical (unpaired) electrons. The van der Waals surface area contributed by atoms with Gasteiger partial charge in [-0.25, -0.2) is 9.67 Å². The van der Waals surface area contributed by atoms with Crippen molar-refractivity contribution in [1.82, 2.24) is 20.0 Å². The first kappa shape index (κ1) is 18.3. The molecule has 0 saturated carbocycles. The number of aryl methyl sites for hydroxylation is 2. The van der Waals surface area contributed by atoms with Gasteiger partial charge >= 0.3 is 5.97 Å². The second kappa shape index (κ2) is 7.79. The van der Waals surface area contributed by atoms with Crippen LogP contribution in [0.2, 0.25) is 0 Å². The molecule has 9 heteroatoms. The van der Waals surface area contributed by atoms with Crippen LogP contribution in [-0.4, -0.2) is 57.5 Å². The van der Waals surface area contributed by atoms with Gasteiger partial charge in [0.05, 0.1) is 49.9 Å². The Morgan fingerprint density at radius 1 is 1.42 bits per heavy atom. The van der Waals surface area contributed by atoms with Crippen LogP contribution < -0.4 is 4.74 Å². The van der Waals surface area contributed by atoms with Gasteiger partial charge in [0.2, 0.25) is 0 Å². The fourth-order valence-electron chi connectivity index (χ4n) is 2.95. The summed E-state index contributed by atoms with van der Waals surface area (Å²) in [6.07, 6.45) is 0.288. The molecule has 0 aliphatic carbocycles. The Hall–Kier alpha value is -2.52. The van der Waals surface area contributed by atoms with Crippen molar-refractivity contribution < 1.29 is 24.1 Å². The second-order valence-electron chi connectivity index (χ2n) is 6.18. The van der Waals surface area contributed by atoms with Crippen molar-refractivity contribution in [3.05, 3.63) is 23.5 Å². The van der Waals surface area contributed by atoms with Crippen LogP contribution in [0.15, 0.2) is 12.1 Å².